The van der Waals surface area contributed by atoms with Crippen LogP contribution in [0.5, 0.6) is 0 Å². The summed E-state index contributed by atoms with van der Waals surface area (Å²) in [5.74, 6) is -0.0588. The van der Waals surface area contributed by atoms with Crippen LogP contribution in [0.15, 0.2) is 58.8 Å². The van der Waals surface area contributed by atoms with Gasteiger partial charge < -0.3 is 5.32 Å². The molecule has 2 aromatic carbocycles. The Bertz CT molecular complexity index is 862. The molecule has 0 aliphatic heterocycles. The Morgan fingerprint density at radius 1 is 1.24 bits per heavy atom. The average Bonchev–Trinajstić information content (AvgIpc) is 3.02. The molecule has 1 aromatic heterocycles. The molecule has 0 aliphatic carbocycles. The summed E-state index contributed by atoms with van der Waals surface area (Å²) in [5, 5.41) is 6.55. The molecule has 6 heteroatoms. The van der Waals surface area contributed by atoms with E-state index in [2.05, 4.69) is 10.3 Å². The first-order chi connectivity index (χ1) is 12.1. The minimum atomic E-state index is -0.0588. The number of thioether (sulfide) groups is 1. The Kier molecular flexibility index (Phi) is 6.13. The van der Waals surface area contributed by atoms with Gasteiger partial charge in [-0.2, -0.15) is 0 Å². The van der Waals surface area contributed by atoms with Crippen molar-refractivity contribution in [3.63, 3.8) is 0 Å². The number of halogens is 1. The van der Waals surface area contributed by atoms with Gasteiger partial charge in [-0.05, 0) is 48.2 Å². The lowest BCUT2D eigenvalue weighted by Crippen LogP contribution is -2.14. The first-order valence-corrected chi connectivity index (χ1v) is 10.2. The molecule has 3 aromatic rings. The molecule has 1 N–H and O–H groups in total. The molecule has 1 heterocycles. The molecule has 1 amide bonds. The van der Waals surface area contributed by atoms with E-state index in [0.29, 0.717) is 0 Å². The van der Waals surface area contributed by atoms with Crippen LogP contribution in [0.4, 0.5) is 5.69 Å². The number of amides is 1. The molecule has 0 saturated heterocycles. The molecule has 0 radical (unpaired) electrons. The number of thiazole rings is 1. The Morgan fingerprint density at radius 3 is 2.76 bits per heavy atom. The van der Waals surface area contributed by atoms with E-state index in [1.165, 1.54) is 4.90 Å². The molecule has 0 unspecified atom stereocenters. The lowest BCUT2D eigenvalue weighted by atomic mass is 10.2. The van der Waals surface area contributed by atoms with Gasteiger partial charge in [0, 0.05) is 27.4 Å². The largest absolute Gasteiger partial charge is 0.326 e. The Morgan fingerprint density at radius 2 is 2.04 bits per heavy atom. The number of anilines is 1. The van der Waals surface area contributed by atoms with Crippen molar-refractivity contribution in [2.45, 2.75) is 17.7 Å². The van der Waals surface area contributed by atoms with Crippen LogP contribution in [0, 0.1) is 0 Å². The molecule has 3 nitrogen and oxygen atoms in total. The zero-order chi connectivity index (χ0) is 17.6. The van der Waals surface area contributed by atoms with E-state index in [0.717, 1.165) is 33.4 Å². The van der Waals surface area contributed by atoms with Crippen molar-refractivity contribution in [3.05, 3.63) is 75.2 Å². The smallest absolute Gasteiger partial charge is 0.230 e. The lowest BCUT2D eigenvalue weighted by molar-refractivity contribution is -0.115. The zero-order valence-electron chi connectivity index (χ0n) is 13.7. The summed E-state index contributed by atoms with van der Waals surface area (Å²) in [6.45, 7) is 0. The maximum Gasteiger partial charge on any atom is 0.230 e. The van der Waals surface area contributed by atoms with E-state index in [1.807, 2.05) is 60.2 Å². The third-order valence-electron chi connectivity index (χ3n) is 3.56. The van der Waals surface area contributed by atoms with Crippen LogP contribution in [0.3, 0.4) is 0 Å². The van der Waals surface area contributed by atoms with Gasteiger partial charge in [-0.25, -0.2) is 4.98 Å². The van der Waals surface area contributed by atoms with Gasteiger partial charge in [0.05, 0.1) is 17.1 Å². The number of aromatic nitrogens is 1. The molecule has 3 rings (SSSR count). The van der Waals surface area contributed by atoms with E-state index in [-0.39, 0.29) is 12.3 Å². The summed E-state index contributed by atoms with van der Waals surface area (Å²) < 4.78 is 0. The molecular weight excluding hydrogens is 372 g/mol. The fourth-order valence-electron chi connectivity index (χ4n) is 2.38. The van der Waals surface area contributed by atoms with E-state index in [1.54, 1.807) is 23.1 Å². The Labute approximate surface area is 160 Å². The monoisotopic (exact) mass is 388 g/mol. The van der Waals surface area contributed by atoms with Crippen molar-refractivity contribution >= 4 is 46.3 Å². The van der Waals surface area contributed by atoms with Crippen LogP contribution in [0.1, 0.15) is 16.3 Å². The third kappa shape index (κ3) is 5.33. The van der Waals surface area contributed by atoms with E-state index >= 15 is 0 Å². The highest BCUT2D eigenvalue weighted by Gasteiger charge is 2.09. The van der Waals surface area contributed by atoms with Gasteiger partial charge in [-0.3, -0.25) is 4.79 Å². The first kappa shape index (κ1) is 18.0. The fourth-order valence-corrected chi connectivity index (χ4v) is 3.83. The van der Waals surface area contributed by atoms with Crippen molar-refractivity contribution in [2.75, 3.05) is 11.6 Å². The number of benzene rings is 2. The highest BCUT2D eigenvalue weighted by molar-refractivity contribution is 7.98. The number of hydrogen-bond donors (Lipinski definition) is 1. The molecule has 0 spiro atoms. The van der Waals surface area contributed by atoms with Crippen LogP contribution in [-0.2, 0) is 17.6 Å². The lowest BCUT2D eigenvalue weighted by Gasteiger charge is -2.04. The molecule has 0 fully saturated rings. The van der Waals surface area contributed by atoms with E-state index in [4.69, 9.17) is 11.6 Å². The van der Waals surface area contributed by atoms with Gasteiger partial charge in [-0.15, -0.1) is 23.1 Å². The van der Waals surface area contributed by atoms with Crippen LogP contribution < -0.4 is 5.32 Å². The molecule has 128 valence electrons. The summed E-state index contributed by atoms with van der Waals surface area (Å²) in [5.41, 5.74) is 2.71. The van der Waals surface area contributed by atoms with Crippen LogP contribution >= 0.6 is 34.7 Å². The number of carbonyl (C=O) groups is 1. The van der Waals surface area contributed by atoms with Gasteiger partial charge in [0.1, 0.15) is 0 Å². The standard InChI is InChI=1S/C19H17ClN2OS2/c1-24-17-7-5-15(6-8-17)21-18(23)11-16-12-25-19(22-16)10-13-3-2-4-14(20)9-13/h2-9,12H,10-11H2,1H3,(H,21,23). The summed E-state index contributed by atoms with van der Waals surface area (Å²) in [4.78, 5) is 17.9. The van der Waals surface area contributed by atoms with Crippen molar-refractivity contribution in [1.82, 2.24) is 4.98 Å². The van der Waals surface area contributed by atoms with Gasteiger partial charge in [0.2, 0.25) is 5.91 Å². The average molecular weight is 389 g/mol. The fraction of sp³-hybridized carbons (Fsp3) is 0.158. The zero-order valence-corrected chi connectivity index (χ0v) is 16.0. The molecule has 0 bridgehead atoms. The Hall–Kier alpha value is -1.82. The molecule has 0 atom stereocenters. The van der Waals surface area contributed by atoms with E-state index in [9.17, 15) is 4.79 Å². The predicted molar refractivity (Wildman–Crippen MR) is 107 cm³/mol. The number of nitrogens with one attached hydrogen (secondary N) is 1. The minimum Gasteiger partial charge on any atom is -0.326 e. The highest BCUT2D eigenvalue weighted by Crippen LogP contribution is 2.19. The van der Waals surface area contributed by atoms with Crippen molar-refractivity contribution < 1.29 is 4.79 Å². The second kappa shape index (κ2) is 8.52. The van der Waals surface area contributed by atoms with Gasteiger partial charge in [0.15, 0.2) is 0 Å². The van der Waals surface area contributed by atoms with E-state index < -0.39 is 0 Å². The molecule has 0 aliphatic rings. The minimum absolute atomic E-state index is 0.0588. The number of carbonyl (C=O) groups excluding carboxylic acids is 1. The number of hydrogen-bond acceptors (Lipinski definition) is 4. The summed E-state index contributed by atoms with van der Waals surface area (Å²) in [6.07, 6.45) is 3.02. The maximum atomic E-state index is 12.2. The molecule has 0 saturated carbocycles. The number of nitrogens with zero attached hydrogens (tertiary/aromatic N) is 1. The molecule has 25 heavy (non-hydrogen) atoms. The van der Waals surface area contributed by atoms with Gasteiger partial charge in [-0.1, -0.05) is 23.7 Å². The van der Waals surface area contributed by atoms with Gasteiger partial charge >= 0.3 is 0 Å². The highest BCUT2D eigenvalue weighted by atomic mass is 35.5. The van der Waals surface area contributed by atoms with Crippen LogP contribution in [0.2, 0.25) is 5.02 Å². The van der Waals surface area contributed by atoms with Crippen molar-refractivity contribution in [2.24, 2.45) is 0 Å². The van der Waals surface area contributed by atoms with Crippen molar-refractivity contribution in [1.29, 1.82) is 0 Å². The second-order valence-corrected chi connectivity index (χ2v) is 7.75. The SMILES string of the molecule is CSc1ccc(NC(=O)Cc2csc(Cc3cccc(Cl)c3)n2)cc1. The topological polar surface area (TPSA) is 42.0 Å². The van der Waals surface area contributed by atoms with Crippen LogP contribution in [0.25, 0.3) is 0 Å². The summed E-state index contributed by atoms with van der Waals surface area (Å²) in [6, 6.07) is 15.6. The predicted octanol–water partition coefficient (Wildman–Crippen LogP) is 5.29. The van der Waals surface area contributed by atoms with Crippen LogP contribution in [-0.4, -0.2) is 17.1 Å². The molecular formula is C19H17ClN2OS2. The number of rotatable bonds is 6. The first-order valence-electron chi connectivity index (χ1n) is 7.74. The Balaban J connectivity index is 1.57. The summed E-state index contributed by atoms with van der Waals surface area (Å²) in [7, 11) is 0. The maximum absolute atomic E-state index is 12.2. The third-order valence-corrected chi connectivity index (χ3v) is 5.44. The quantitative estimate of drug-likeness (QED) is 0.583. The van der Waals surface area contributed by atoms with Gasteiger partial charge in [0.25, 0.3) is 0 Å². The van der Waals surface area contributed by atoms with Crippen molar-refractivity contribution in [3.8, 4) is 0 Å². The summed E-state index contributed by atoms with van der Waals surface area (Å²) >= 11 is 9.25. The normalized spacial score (nSPS) is 10.6. The second-order valence-electron chi connectivity index (χ2n) is 5.49.